The molecule has 0 spiro atoms. The molecule has 3 heterocycles. The molecule has 1 fully saturated rings. The first kappa shape index (κ1) is 9.80. The van der Waals surface area contributed by atoms with E-state index in [1.165, 1.54) is 5.06 Å². The molecule has 1 atom stereocenters. The van der Waals surface area contributed by atoms with E-state index in [1.807, 2.05) is 5.51 Å². The number of urea groups is 1. The molecule has 6 heteroatoms. The highest BCUT2D eigenvalue weighted by Gasteiger charge is 2.45. The van der Waals surface area contributed by atoms with Crippen LogP contribution in [0.3, 0.4) is 0 Å². The molecule has 0 radical (unpaired) electrons. The first-order chi connectivity index (χ1) is 7.81. The highest BCUT2D eigenvalue weighted by Crippen LogP contribution is 2.39. The molecule has 0 saturated carbocycles. The topological polar surface area (TPSA) is 45.7 Å². The van der Waals surface area contributed by atoms with E-state index in [2.05, 4.69) is 11.6 Å². The van der Waals surface area contributed by atoms with E-state index in [0.29, 0.717) is 19.7 Å². The fraction of sp³-hybridized carbons (Fsp3) is 0.400. The summed E-state index contributed by atoms with van der Waals surface area (Å²) in [6.45, 7) is 5.23. The van der Waals surface area contributed by atoms with Crippen LogP contribution in [0, 0.1) is 0 Å². The third-order valence-corrected chi connectivity index (χ3v) is 3.76. The predicted molar refractivity (Wildman–Crippen MR) is 58.6 cm³/mol. The van der Waals surface area contributed by atoms with Crippen molar-refractivity contribution in [2.75, 3.05) is 13.2 Å². The van der Waals surface area contributed by atoms with Gasteiger partial charge in [-0.25, -0.2) is 9.78 Å². The van der Waals surface area contributed by atoms with Crippen molar-refractivity contribution in [1.29, 1.82) is 0 Å². The van der Waals surface area contributed by atoms with Gasteiger partial charge in [0, 0.05) is 0 Å². The molecule has 2 aliphatic rings. The van der Waals surface area contributed by atoms with Gasteiger partial charge < -0.3 is 4.90 Å². The zero-order valence-electron chi connectivity index (χ0n) is 8.63. The van der Waals surface area contributed by atoms with Gasteiger partial charge in [0.05, 0.1) is 35.8 Å². The second-order valence-corrected chi connectivity index (χ2v) is 4.64. The van der Waals surface area contributed by atoms with Crippen molar-refractivity contribution >= 4 is 17.4 Å². The van der Waals surface area contributed by atoms with Crippen LogP contribution >= 0.6 is 11.3 Å². The van der Waals surface area contributed by atoms with Crippen molar-refractivity contribution in [3.63, 3.8) is 0 Å². The van der Waals surface area contributed by atoms with Crippen molar-refractivity contribution in [2.45, 2.75) is 12.6 Å². The Morgan fingerprint density at radius 2 is 2.62 bits per heavy atom. The first-order valence-electron chi connectivity index (χ1n) is 5.05. The van der Waals surface area contributed by atoms with Crippen LogP contribution in [0.4, 0.5) is 4.79 Å². The molecular formula is C10H11N3O2S. The maximum absolute atomic E-state index is 11.9. The SMILES string of the molecule is C=CCON1C(=O)N2Cc3ncsc3C1C2. The third-order valence-electron chi connectivity index (χ3n) is 2.78. The highest BCUT2D eigenvalue weighted by molar-refractivity contribution is 7.09. The lowest BCUT2D eigenvalue weighted by Gasteiger charge is -2.21. The lowest BCUT2D eigenvalue weighted by molar-refractivity contribution is -0.118. The van der Waals surface area contributed by atoms with Gasteiger partial charge in [0.1, 0.15) is 6.04 Å². The molecule has 1 aromatic heterocycles. The fourth-order valence-corrected chi connectivity index (χ4v) is 2.96. The Morgan fingerprint density at radius 1 is 1.75 bits per heavy atom. The molecule has 0 aromatic carbocycles. The Labute approximate surface area is 96.9 Å². The number of hydrogen-bond donors (Lipinski definition) is 0. The van der Waals surface area contributed by atoms with Gasteiger partial charge in [-0.05, 0) is 0 Å². The quantitative estimate of drug-likeness (QED) is 0.749. The number of nitrogens with zero attached hydrogens (tertiary/aromatic N) is 3. The molecule has 16 heavy (non-hydrogen) atoms. The van der Waals surface area contributed by atoms with Gasteiger partial charge in [0.15, 0.2) is 0 Å². The summed E-state index contributed by atoms with van der Waals surface area (Å²) in [4.78, 5) is 24.5. The lowest BCUT2D eigenvalue weighted by Crippen LogP contribution is -2.30. The van der Waals surface area contributed by atoms with Crippen LogP contribution in [-0.2, 0) is 11.4 Å². The number of fused-ring (bicyclic) bond motifs is 4. The molecule has 2 bridgehead atoms. The summed E-state index contributed by atoms with van der Waals surface area (Å²) in [5.74, 6) is 0. The monoisotopic (exact) mass is 237 g/mol. The highest BCUT2D eigenvalue weighted by atomic mass is 32.1. The zero-order valence-corrected chi connectivity index (χ0v) is 9.44. The van der Waals surface area contributed by atoms with Crippen molar-refractivity contribution in [3.05, 3.63) is 28.7 Å². The molecule has 0 aliphatic carbocycles. The smallest absolute Gasteiger partial charge is 0.314 e. The van der Waals surface area contributed by atoms with Gasteiger partial charge >= 0.3 is 6.03 Å². The first-order valence-corrected chi connectivity index (χ1v) is 5.93. The molecular weight excluding hydrogens is 226 g/mol. The minimum absolute atomic E-state index is 0.00343. The van der Waals surface area contributed by atoms with Gasteiger partial charge in [-0.15, -0.1) is 17.9 Å². The van der Waals surface area contributed by atoms with Crippen LogP contribution in [-0.4, -0.2) is 34.1 Å². The average molecular weight is 237 g/mol. The third kappa shape index (κ3) is 1.27. The number of carbonyl (C=O) groups is 1. The summed E-state index contributed by atoms with van der Waals surface area (Å²) < 4.78 is 0. The van der Waals surface area contributed by atoms with Crippen molar-refractivity contribution in [1.82, 2.24) is 14.9 Å². The van der Waals surface area contributed by atoms with Gasteiger partial charge in [0.2, 0.25) is 0 Å². The van der Waals surface area contributed by atoms with Crippen LogP contribution in [0.1, 0.15) is 16.6 Å². The number of thiazole rings is 1. The fourth-order valence-electron chi connectivity index (χ4n) is 2.08. The number of aromatic nitrogens is 1. The number of amides is 2. The molecule has 1 unspecified atom stereocenters. The van der Waals surface area contributed by atoms with Crippen LogP contribution in [0.15, 0.2) is 18.2 Å². The number of carbonyl (C=O) groups excluding carboxylic acids is 1. The largest absolute Gasteiger partial charge is 0.345 e. The standard InChI is InChI=1S/C10H11N3O2S/c1-2-3-15-13-8-5-12(10(13)14)4-7-9(8)16-6-11-7/h2,6,8H,1,3-5H2. The van der Waals surface area contributed by atoms with Crippen LogP contribution in [0.2, 0.25) is 0 Å². The van der Waals surface area contributed by atoms with Crippen molar-refractivity contribution in [3.8, 4) is 0 Å². The Bertz CT molecular complexity index is 445. The second kappa shape index (κ2) is 3.57. The second-order valence-electron chi connectivity index (χ2n) is 3.75. The molecule has 2 aliphatic heterocycles. The van der Waals surface area contributed by atoms with E-state index in [1.54, 1.807) is 22.3 Å². The normalized spacial score (nSPS) is 22.5. The Hall–Kier alpha value is -1.40. The molecule has 2 amide bonds. The van der Waals surface area contributed by atoms with Gasteiger partial charge in [0.25, 0.3) is 0 Å². The molecule has 0 N–H and O–H groups in total. The minimum atomic E-state index is -0.0722. The maximum atomic E-state index is 11.9. The number of hydroxylamine groups is 2. The molecule has 1 aromatic rings. The maximum Gasteiger partial charge on any atom is 0.345 e. The molecule has 5 nitrogen and oxygen atoms in total. The molecule has 1 saturated heterocycles. The van der Waals surface area contributed by atoms with Crippen molar-refractivity contribution in [2.24, 2.45) is 0 Å². The van der Waals surface area contributed by atoms with Crippen LogP contribution in [0.25, 0.3) is 0 Å². The van der Waals surface area contributed by atoms with E-state index in [4.69, 9.17) is 4.84 Å². The Balaban J connectivity index is 1.92. The lowest BCUT2D eigenvalue weighted by atomic mass is 10.1. The van der Waals surface area contributed by atoms with Gasteiger partial charge in [-0.1, -0.05) is 6.08 Å². The summed E-state index contributed by atoms with van der Waals surface area (Å²) in [5.41, 5.74) is 2.82. The van der Waals surface area contributed by atoms with Crippen LogP contribution in [0.5, 0.6) is 0 Å². The van der Waals surface area contributed by atoms with Crippen LogP contribution < -0.4 is 0 Å². The summed E-state index contributed by atoms with van der Waals surface area (Å²) in [6.07, 6.45) is 1.64. The summed E-state index contributed by atoms with van der Waals surface area (Å²) in [5, 5.41) is 1.45. The summed E-state index contributed by atoms with van der Waals surface area (Å²) in [6, 6.07) is -0.0687. The molecule has 84 valence electrons. The van der Waals surface area contributed by atoms with Gasteiger partial charge in [-0.2, -0.15) is 5.06 Å². The average Bonchev–Trinajstić information content (AvgIpc) is 2.84. The number of rotatable bonds is 3. The molecule has 3 rings (SSSR count). The Kier molecular flexibility index (Phi) is 2.19. The minimum Gasteiger partial charge on any atom is -0.314 e. The van der Waals surface area contributed by atoms with E-state index in [0.717, 1.165) is 10.6 Å². The van der Waals surface area contributed by atoms with E-state index >= 15 is 0 Å². The zero-order chi connectivity index (χ0) is 11.1. The van der Waals surface area contributed by atoms with Crippen molar-refractivity contribution < 1.29 is 9.63 Å². The Morgan fingerprint density at radius 3 is 3.44 bits per heavy atom. The number of hydrogen-bond acceptors (Lipinski definition) is 4. The van der Waals surface area contributed by atoms with E-state index < -0.39 is 0 Å². The summed E-state index contributed by atoms with van der Waals surface area (Å²) in [7, 11) is 0. The van der Waals surface area contributed by atoms with E-state index in [9.17, 15) is 4.79 Å². The van der Waals surface area contributed by atoms with Gasteiger partial charge in [-0.3, -0.25) is 4.84 Å². The summed E-state index contributed by atoms with van der Waals surface area (Å²) >= 11 is 1.59. The van der Waals surface area contributed by atoms with E-state index in [-0.39, 0.29) is 12.1 Å². The predicted octanol–water partition coefficient (Wildman–Crippen LogP) is 1.55.